The first kappa shape index (κ1) is 20.3. The van der Waals surface area contributed by atoms with Crippen LogP contribution in [0.2, 0.25) is 0 Å². The predicted molar refractivity (Wildman–Crippen MR) is 101 cm³/mol. The Kier molecular flexibility index (Phi) is 7.69. The molecular formula is C19H24N4O4. The second kappa shape index (κ2) is 10.2. The minimum Gasteiger partial charge on any atom is -0.462 e. The number of ether oxygens (including phenoxy) is 2. The molecule has 0 fully saturated rings. The summed E-state index contributed by atoms with van der Waals surface area (Å²) in [7, 11) is 1.89. The van der Waals surface area contributed by atoms with E-state index in [1.165, 1.54) is 6.20 Å². The van der Waals surface area contributed by atoms with Crippen molar-refractivity contribution < 1.29 is 19.1 Å². The van der Waals surface area contributed by atoms with Gasteiger partial charge in [-0.1, -0.05) is 0 Å². The third-order valence-electron chi connectivity index (χ3n) is 3.58. The molecule has 1 N–H and O–H groups in total. The molecule has 8 heteroatoms. The Morgan fingerprint density at radius 1 is 1.19 bits per heavy atom. The third-order valence-corrected chi connectivity index (χ3v) is 3.58. The highest BCUT2D eigenvalue weighted by atomic mass is 16.5. The van der Waals surface area contributed by atoms with Crippen molar-refractivity contribution in [1.82, 2.24) is 15.3 Å². The molecule has 0 aliphatic carbocycles. The number of carbonyl (C=O) groups excluding carboxylic acids is 2. The van der Waals surface area contributed by atoms with Gasteiger partial charge in [-0.25, -0.2) is 4.79 Å². The number of nitrogens with one attached hydrogen (secondary N) is 1. The summed E-state index contributed by atoms with van der Waals surface area (Å²) in [6.45, 7) is 5.30. The van der Waals surface area contributed by atoms with Gasteiger partial charge in [0.15, 0.2) is 5.82 Å². The highest BCUT2D eigenvalue weighted by Gasteiger charge is 2.08. The van der Waals surface area contributed by atoms with Gasteiger partial charge in [-0.3, -0.25) is 9.78 Å². The maximum Gasteiger partial charge on any atom is 0.338 e. The van der Waals surface area contributed by atoms with Crippen molar-refractivity contribution in [2.24, 2.45) is 0 Å². The van der Waals surface area contributed by atoms with Gasteiger partial charge in [-0.2, -0.15) is 4.98 Å². The van der Waals surface area contributed by atoms with Crippen LogP contribution in [0.5, 0.6) is 11.6 Å². The van der Waals surface area contributed by atoms with Gasteiger partial charge < -0.3 is 19.7 Å². The predicted octanol–water partition coefficient (Wildman–Crippen LogP) is 2.06. The van der Waals surface area contributed by atoms with Gasteiger partial charge in [0.25, 0.3) is 0 Å². The van der Waals surface area contributed by atoms with E-state index in [0.717, 1.165) is 0 Å². The molecule has 27 heavy (non-hydrogen) atoms. The summed E-state index contributed by atoms with van der Waals surface area (Å²) in [6.07, 6.45) is 3.16. The maximum absolute atomic E-state index is 11.7. The summed E-state index contributed by atoms with van der Waals surface area (Å²) in [4.78, 5) is 33.1. The number of likely N-dealkylation sites (N-methyl/N-ethyl adjacent to an activating group) is 1. The smallest absolute Gasteiger partial charge is 0.338 e. The molecule has 0 atom stereocenters. The Labute approximate surface area is 158 Å². The zero-order chi connectivity index (χ0) is 19.6. The molecule has 0 amide bonds. The van der Waals surface area contributed by atoms with Crippen molar-refractivity contribution in [1.29, 1.82) is 0 Å². The Hall–Kier alpha value is -3.00. The largest absolute Gasteiger partial charge is 0.462 e. The topological polar surface area (TPSA) is 93.7 Å². The minimum absolute atomic E-state index is 0.0989. The van der Waals surface area contributed by atoms with E-state index in [9.17, 15) is 9.59 Å². The fourth-order valence-corrected chi connectivity index (χ4v) is 2.19. The number of rotatable bonds is 10. The van der Waals surface area contributed by atoms with E-state index in [1.807, 2.05) is 11.9 Å². The molecule has 0 aliphatic heterocycles. The lowest BCUT2D eigenvalue weighted by molar-refractivity contribution is -0.116. The molecule has 0 saturated heterocycles. The molecule has 2 rings (SSSR count). The molecule has 1 aromatic heterocycles. The molecule has 1 aromatic carbocycles. The molecular weight excluding hydrogens is 348 g/mol. The first-order valence-corrected chi connectivity index (χ1v) is 8.68. The number of ketones is 1. The molecule has 144 valence electrons. The average Bonchev–Trinajstić information content (AvgIpc) is 2.66. The molecule has 0 radical (unpaired) electrons. The highest BCUT2D eigenvalue weighted by molar-refractivity contribution is 5.89. The lowest BCUT2D eigenvalue weighted by Crippen LogP contribution is -2.32. The lowest BCUT2D eigenvalue weighted by Gasteiger charge is -2.18. The molecule has 1 heterocycles. The standard InChI is InChI=1S/C19H24N4O4/c1-4-26-19(25)15-5-7-16(8-6-15)27-18-13-21-12-17(22-18)23(3)10-9-20-11-14(2)24/h5-8,12-13,20H,4,9-11H2,1-3H3. The quantitative estimate of drug-likeness (QED) is 0.500. The number of hydrogen-bond donors (Lipinski definition) is 1. The van der Waals surface area contributed by atoms with Crippen LogP contribution in [-0.2, 0) is 9.53 Å². The lowest BCUT2D eigenvalue weighted by atomic mass is 10.2. The van der Waals surface area contributed by atoms with Gasteiger partial charge >= 0.3 is 5.97 Å². The summed E-state index contributed by atoms with van der Waals surface area (Å²) in [6, 6.07) is 6.63. The highest BCUT2D eigenvalue weighted by Crippen LogP contribution is 2.21. The van der Waals surface area contributed by atoms with E-state index in [0.29, 0.717) is 49.3 Å². The monoisotopic (exact) mass is 372 g/mol. The Balaban J connectivity index is 1.94. The van der Waals surface area contributed by atoms with E-state index in [4.69, 9.17) is 9.47 Å². The molecule has 0 saturated carbocycles. The average molecular weight is 372 g/mol. The van der Waals surface area contributed by atoms with Crippen molar-refractivity contribution in [3.05, 3.63) is 42.2 Å². The molecule has 0 aliphatic rings. The molecule has 8 nitrogen and oxygen atoms in total. The van der Waals surface area contributed by atoms with E-state index in [-0.39, 0.29) is 11.8 Å². The Morgan fingerprint density at radius 3 is 2.59 bits per heavy atom. The van der Waals surface area contributed by atoms with Gasteiger partial charge in [-0.15, -0.1) is 0 Å². The summed E-state index contributed by atoms with van der Waals surface area (Å²) in [5.74, 6) is 1.27. The van der Waals surface area contributed by atoms with Gasteiger partial charge in [0, 0.05) is 20.1 Å². The van der Waals surface area contributed by atoms with Crippen LogP contribution in [0.15, 0.2) is 36.7 Å². The van der Waals surface area contributed by atoms with Crippen LogP contribution in [0, 0.1) is 0 Å². The van der Waals surface area contributed by atoms with Crippen LogP contribution in [-0.4, -0.2) is 55.0 Å². The number of anilines is 1. The normalized spacial score (nSPS) is 10.3. The number of nitrogens with zero attached hydrogens (tertiary/aromatic N) is 3. The first-order valence-electron chi connectivity index (χ1n) is 8.68. The van der Waals surface area contributed by atoms with Crippen molar-refractivity contribution >= 4 is 17.6 Å². The summed E-state index contributed by atoms with van der Waals surface area (Å²) >= 11 is 0. The summed E-state index contributed by atoms with van der Waals surface area (Å²) in [5, 5.41) is 3.05. The fourth-order valence-electron chi connectivity index (χ4n) is 2.19. The number of esters is 1. The molecule has 0 bridgehead atoms. The first-order chi connectivity index (χ1) is 13.0. The van der Waals surface area contributed by atoms with Crippen molar-refractivity contribution in [3.8, 4) is 11.6 Å². The van der Waals surface area contributed by atoms with E-state index < -0.39 is 0 Å². The van der Waals surface area contributed by atoms with Crippen LogP contribution < -0.4 is 15.0 Å². The van der Waals surface area contributed by atoms with Crippen LogP contribution in [0.4, 0.5) is 5.82 Å². The van der Waals surface area contributed by atoms with Gasteiger partial charge in [0.2, 0.25) is 5.88 Å². The van der Waals surface area contributed by atoms with Crippen molar-refractivity contribution in [2.45, 2.75) is 13.8 Å². The Bertz CT molecular complexity index is 765. The Morgan fingerprint density at radius 2 is 1.93 bits per heavy atom. The van der Waals surface area contributed by atoms with Crippen LogP contribution in [0.1, 0.15) is 24.2 Å². The van der Waals surface area contributed by atoms with Crippen LogP contribution in [0.25, 0.3) is 0 Å². The van der Waals surface area contributed by atoms with Crippen LogP contribution in [0.3, 0.4) is 0 Å². The van der Waals surface area contributed by atoms with Gasteiger partial charge in [-0.05, 0) is 38.1 Å². The molecule has 0 spiro atoms. The number of hydrogen-bond acceptors (Lipinski definition) is 8. The maximum atomic E-state index is 11.7. The number of carbonyl (C=O) groups is 2. The van der Waals surface area contributed by atoms with E-state index >= 15 is 0 Å². The summed E-state index contributed by atoms with van der Waals surface area (Å²) < 4.78 is 10.7. The van der Waals surface area contributed by atoms with Gasteiger partial charge in [0.1, 0.15) is 11.5 Å². The number of Topliss-reactive ketones (excluding diaryl/α,β-unsaturated/α-hetero) is 1. The zero-order valence-electron chi connectivity index (χ0n) is 15.8. The zero-order valence-corrected chi connectivity index (χ0v) is 15.8. The van der Waals surface area contributed by atoms with E-state index in [2.05, 4.69) is 15.3 Å². The van der Waals surface area contributed by atoms with Crippen LogP contribution >= 0.6 is 0 Å². The second-order valence-electron chi connectivity index (χ2n) is 5.86. The van der Waals surface area contributed by atoms with Crippen molar-refractivity contribution in [2.75, 3.05) is 38.2 Å². The number of benzene rings is 1. The second-order valence-corrected chi connectivity index (χ2v) is 5.86. The minimum atomic E-state index is -0.370. The molecule has 0 unspecified atom stereocenters. The van der Waals surface area contributed by atoms with Gasteiger partial charge in [0.05, 0.1) is 31.1 Å². The molecule has 2 aromatic rings. The fraction of sp³-hybridized carbons (Fsp3) is 0.368. The van der Waals surface area contributed by atoms with Crippen molar-refractivity contribution in [3.63, 3.8) is 0 Å². The van der Waals surface area contributed by atoms with E-state index in [1.54, 1.807) is 44.3 Å². The summed E-state index contributed by atoms with van der Waals surface area (Å²) in [5.41, 5.74) is 0.460. The SMILES string of the molecule is CCOC(=O)c1ccc(Oc2cncc(N(C)CCNCC(C)=O)n2)cc1. The third kappa shape index (κ3) is 6.67. The number of aromatic nitrogens is 2.